The van der Waals surface area contributed by atoms with E-state index in [1.165, 1.54) is 0 Å². The van der Waals surface area contributed by atoms with Crippen molar-refractivity contribution in [1.29, 1.82) is 0 Å². The minimum Gasteiger partial charge on any atom is -0.497 e. The standard InChI is InChI=1S/C21H17N3O2S/c1-26-17-11-9-15(10-12-17)22-21(25)19-14-18(20-8-5-13-27-20)23-24(19)16-6-3-2-4-7-16/h2-14H,1H3,(H,22,25). The maximum atomic E-state index is 12.9. The summed E-state index contributed by atoms with van der Waals surface area (Å²) in [5.41, 5.74) is 2.77. The fraction of sp³-hybridized carbons (Fsp3) is 0.0476. The summed E-state index contributed by atoms with van der Waals surface area (Å²) in [6, 6.07) is 22.6. The summed E-state index contributed by atoms with van der Waals surface area (Å²) < 4.78 is 6.83. The van der Waals surface area contributed by atoms with Gasteiger partial charge in [-0.15, -0.1) is 11.3 Å². The SMILES string of the molecule is COc1ccc(NC(=O)c2cc(-c3cccs3)nn2-c2ccccc2)cc1. The van der Waals surface area contributed by atoms with Crippen LogP contribution in [0, 0.1) is 0 Å². The lowest BCUT2D eigenvalue weighted by atomic mass is 10.2. The monoisotopic (exact) mass is 375 g/mol. The van der Waals surface area contributed by atoms with Gasteiger partial charge in [-0.3, -0.25) is 4.79 Å². The van der Waals surface area contributed by atoms with Crippen molar-refractivity contribution in [3.8, 4) is 22.0 Å². The first-order valence-electron chi connectivity index (χ1n) is 8.39. The van der Waals surface area contributed by atoms with E-state index in [0.717, 1.165) is 22.0 Å². The van der Waals surface area contributed by atoms with Gasteiger partial charge in [-0.1, -0.05) is 24.3 Å². The van der Waals surface area contributed by atoms with Crippen LogP contribution in [-0.2, 0) is 0 Å². The maximum Gasteiger partial charge on any atom is 0.274 e. The van der Waals surface area contributed by atoms with Gasteiger partial charge >= 0.3 is 0 Å². The van der Waals surface area contributed by atoms with E-state index in [9.17, 15) is 4.79 Å². The molecule has 0 aliphatic carbocycles. The number of amides is 1. The molecule has 0 radical (unpaired) electrons. The van der Waals surface area contributed by atoms with Crippen LogP contribution in [-0.4, -0.2) is 22.8 Å². The summed E-state index contributed by atoms with van der Waals surface area (Å²) in [7, 11) is 1.61. The minimum atomic E-state index is -0.223. The number of rotatable bonds is 5. The Hall–Kier alpha value is -3.38. The first-order chi connectivity index (χ1) is 13.2. The molecule has 4 aromatic rings. The lowest BCUT2D eigenvalue weighted by Crippen LogP contribution is -2.16. The number of aromatic nitrogens is 2. The third kappa shape index (κ3) is 3.61. The number of carbonyl (C=O) groups is 1. The Morgan fingerprint density at radius 3 is 2.48 bits per heavy atom. The number of hydrogen-bond donors (Lipinski definition) is 1. The van der Waals surface area contributed by atoms with Gasteiger partial charge in [0.15, 0.2) is 0 Å². The molecule has 0 saturated heterocycles. The number of thiophene rings is 1. The molecule has 2 aromatic heterocycles. The van der Waals surface area contributed by atoms with Gasteiger partial charge in [0.25, 0.3) is 5.91 Å². The molecule has 2 heterocycles. The third-order valence-electron chi connectivity index (χ3n) is 4.06. The normalized spacial score (nSPS) is 10.6. The average Bonchev–Trinajstić information content (AvgIpc) is 3.39. The number of ether oxygens (including phenoxy) is 1. The minimum absolute atomic E-state index is 0.223. The molecular formula is C21H17N3O2S. The predicted octanol–water partition coefficient (Wildman–Crippen LogP) is 4.86. The number of carbonyl (C=O) groups excluding carboxylic acids is 1. The second-order valence-corrected chi connectivity index (χ2v) is 6.77. The fourth-order valence-electron chi connectivity index (χ4n) is 2.72. The van der Waals surface area contributed by atoms with Crippen LogP contribution in [0.3, 0.4) is 0 Å². The summed E-state index contributed by atoms with van der Waals surface area (Å²) in [4.78, 5) is 14.0. The van der Waals surface area contributed by atoms with Gasteiger partial charge in [0, 0.05) is 5.69 Å². The van der Waals surface area contributed by atoms with Gasteiger partial charge in [-0.2, -0.15) is 5.10 Å². The highest BCUT2D eigenvalue weighted by atomic mass is 32.1. The Labute approximate surface area is 160 Å². The molecule has 1 N–H and O–H groups in total. The Morgan fingerprint density at radius 2 is 1.81 bits per heavy atom. The zero-order valence-corrected chi connectivity index (χ0v) is 15.4. The van der Waals surface area contributed by atoms with E-state index in [1.807, 2.05) is 53.9 Å². The Kier molecular flexibility index (Phi) is 4.72. The van der Waals surface area contributed by atoms with Gasteiger partial charge in [-0.05, 0) is 53.9 Å². The van der Waals surface area contributed by atoms with Crippen molar-refractivity contribution in [2.24, 2.45) is 0 Å². The van der Waals surface area contributed by atoms with Crippen molar-refractivity contribution in [3.63, 3.8) is 0 Å². The quantitative estimate of drug-likeness (QED) is 0.542. The second kappa shape index (κ2) is 7.47. The Bertz CT molecular complexity index is 1040. The highest BCUT2D eigenvalue weighted by Crippen LogP contribution is 2.26. The molecule has 0 atom stereocenters. The molecule has 0 bridgehead atoms. The number of para-hydroxylation sites is 1. The van der Waals surface area contributed by atoms with E-state index in [4.69, 9.17) is 4.74 Å². The predicted molar refractivity (Wildman–Crippen MR) is 108 cm³/mol. The molecule has 134 valence electrons. The van der Waals surface area contributed by atoms with Crippen molar-refractivity contribution < 1.29 is 9.53 Å². The highest BCUT2D eigenvalue weighted by Gasteiger charge is 2.18. The number of methoxy groups -OCH3 is 1. The van der Waals surface area contributed by atoms with Crippen molar-refractivity contribution in [2.45, 2.75) is 0 Å². The van der Waals surface area contributed by atoms with E-state index >= 15 is 0 Å². The Morgan fingerprint density at radius 1 is 1.04 bits per heavy atom. The van der Waals surface area contributed by atoms with Crippen LogP contribution in [0.5, 0.6) is 5.75 Å². The van der Waals surface area contributed by atoms with Crippen LogP contribution >= 0.6 is 11.3 Å². The van der Waals surface area contributed by atoms with E-state index in [0.29, 0.717) is 11.4 Å². The molecule has 1 amide bonds. The van der Waals surface area contributed by atoms with E-state index in [2.05, 4.69) is 10.4 Å². The number of anilines is 1. The maximum absolute atomic E-state index is 12.9. The number of nitrogens with zero attached hydrogens (tertiary/aromatic N) is 2. The van der Waals surface area contributed by atoms with E-state index < -0.39 is 0 Å². The topological polar surface area (TPSA) is 56.1 Å². The fourth-order valence-corrected chi connectivity index (χ4v) is 3.40. The van der Waals surface area contributed by atoms with Gasteiger partial charge in [0.1, 0.15) is 17.1 Å². The zero-order valence-electron chi connectivity index (χ0n) is 14.6. The molecule has 0 fully saturated rings. The largest absolute Gasteiger partial charge is 0.497 e. The van der Waals surface area contributed by atoms with E-state index in [1.54, 1.807) is 47.4 Å². The van der Waals surface area contributed by atoms with Crippen molar-refractivity contribution >= 4 is 22.9 Å². The molecule has 0 spiro atoms. The molecule has 5 nitrogen and oxygen atoms in total. The molecular weight excluding hydrogens is 358 g/mol. The molecule has 2 aromatic carbocycles. The van der Waals surface area contributed by atoms with Crippen LogP contribution < -0.4 is 10.1 Å². The van der Waals surface area contributed by atoms with Crippen molar-refractivity contribution in [3.05, 3.63) is 83.9 Å². The zero-order chi connectivity index (χ0) is 18.6. The van der Waals surface area contributed by atoms with Crippen molar-refractivity contribution in [2.75, 3.05) is 12.4 Å². The van der Waals surface area contributed by atoms with E-state index in [-0.39, 0.29) is 5.91 Å². The van der Waals surface area contributed by atoms with Crippen LogP contribution in [0.15, 0.2) is 78.2 Å². The lowest BCUT2D eigenvalue weighted by Gasteiger charge is -2.09. The average molecular weight is 375 g/mol. The van der Waals surface area contributed by atoms with Gasteiger partial charge in [0.05, 0.1) is 17.7 Å². The van der Waals surface area contributed by atoms with Crippen LogP contribution in [0.2, 0.25) is 0 Å². The van der Waals surface area contributed by atoms with Gasteiger partial charge in [0.2, 0.25) is 0 Å². The van der Waals surface area contributed by atoms with Gasteiger partial charge in [-0.25, -0.2) is 4.68 Å². The summed E-state index contributed by atoms with van der Waals surface area (Å²) in [5, 5.41) is 9.58. The summed E-state index contributed by atoms with van der Waals surface area (Å²) in [6.07, 6.45) is 0. The number of benzene rings is 2. The summed E-state index contributed by atoms with van der Waals surface area (Å²) >= 11 is 1.59. The molecule has 6 heteroatoms. The number of nitrogens with one attached hydrogen (secondary N) is 1. The van der Waals surface area contributed by atoms with Crippen molar-refractivity contribution in [1.82, 2.24) is 9.78 Å². The van der Waals surface area contributed by atoms with Crippen LogP contribution in [0.25, 0.3) is 16.3 Å². The lowest BCUT2D eigenvalue weighted by molar-refractivity contribution is 0.101. The highest BCUT2D eigenvalue weighted by molar-refractivity contribution is 7.13. The molecule has 4 rings (SSSR count). The smallest absolute Gasteiger partial charge is 0.274 e. The second-order valence-electron chi connectivity index (χ2n) is 5.82. The molecule has 27 heavy (non-hydrogen) atoms. The Balaban J connectivity index is 1.70. The van der Waals surface area contributed by atoms with Crippen LogP contribution in [0.4, 0.5) is 5.69 Å². The molecule has 0 saturated carbocycles. The summed E-state index contributed by atoms with van der Waals surface area (Å²) in [5.74, 6) is 0.515. The molecule has 0 aliphatic heterocycles. The van der Waals surface area contributed by atoms with Crippen LogP contribution in [0.1, 0.15) is 10.5 Å². The molecule has 0 aliphatic rings. The summed E-state index contributed by atoms with van der Waals surface area (Å²) in [6.45, 7) is 0. The number of hydrogen-bond acceptors (Lipinski definition) is 4. The first-order valence-corrected chi connectivity index (χ1v) is 9.27. The molecule has 0 unspecified atom stereocenters. The first kappa shape index (κ1) is 17.1. The third-order valence-corrected chi connectivity index (χ3v) is 4.96. The van der Waals surface area contributed by atoms with Gasteiger partial charge < -0.3 is 10.1 Å².